The molecule has 0 aromatic heterocycles. The first-order valence-corrected chi connectivity index (χ1v) is 9.35. The highest BCUT2D eigenvalue weighted by molar-refractivity contribution is 7.98. The number of thioether (sulfide) groups is 1. The van der Waals surface area contributed by atoms with Crippen LogP contribution in [0, 0.1) is 0 Å². The summed E-state index contributed by atoms with van der Waals surface area (Å²) in [5, 5.41) is 2.99. The Balaban J connectivity index is 1.74. The smallest absolute Gasteiger partial charge is 0.319 e. The fraction of sp³-hybridized carbons (Fsp3) is 0.529. The van der Waals surface area contributed by atoms with Gasteiger partial charge in [-0.25, -0.2) is 4.79 Å². The molecular weight excluding hydrogens is 324 g/mol. The van der Waals surface area contributed by atoms with E-state index in [9.17, 15) is 9.59 Å². The van der Waals surface area contributed by atoms with E-state index in [1.807, 2.05) is 35.4 Å². The summed E-state index contributed by atoms with van der Waals surface area (Å²) in [6.45, 7) is 3.78. The third kappa shape index (κ3) is 5.14. The Hall–Kier alpha value is -1.73. The van der Waals surface area contributed by atoms with Crippen molar-refractivity contribution in [3.63, 3.8) is 0 Å². The van der Waals surface area contributed by atoms with Crippen LogP contribution in [-0.2, 0) is 4.79 Å². The first-order chi connectivity index (χ1) is 11.5. The molecule has 7 heteroatoms. The predicted molar refractivity (Wildman–Crippen MR) is 98.6 cm³/mol. The highest BCUT2D eigenvalue weighted by atomic mass is 32.2. The minimum Gasteiger partial charge on any atom is -0.331 e. The second-order valence-electron chi connectivity index (χ2n) is 6.00. The SMILES string of the molecule is CSc1ccccc1NC(=O)CCN1CCN(C(=O)N(C)C)CC1. The van der Waals surface area contributed by atoms with E-state index >= 15 is 0 Å². The minimum absolute atomic E-state index is 0.0308. The average molecular weight is 350 g/mol. The van der Waals surface area contributed by atoms with Gasteiger partial charge in [-0.05, 0) is 18.4 Å². The first-order valence-electron chi connectivity index (χ1n) is 8.12. The Morgan fingerprint density at radius 2 is 1.83 bits per heavy atom. The highest BCUT2D eigenvalue weighted by Crippen LogP contribution is 2.24. The van der Waals surface area contributed by atoms with Gasteiger partial charge >= 0.3 is 6.03 Å². The molecule has 0 unspecified atom stereocenters. The number of anilines is 1. The lowest BCUT2D eigenvalue weighted by atomic mass is 10.2. The molecule has 1 aromatic rings. The zero-order chi connectivity index (χ0) is 17.5. The molecule has 1 fully saturated rings. The Bertz CT molecular complexity index is 571. The lowest BCUT2D eigenvalue weighted by molar-refractivity contribution is -0.116. The fourth-order valence-corrected chi connectivity index (χ4v) is 3.22. The standard InChI is InChI=1S/C17H26N4O2S/c1-19(2)17(23)21-12-10-20(11-13-21)9-8-16(22)18-14-6-4-5-7-15(14)24-3/h4-7H,8-13H2,1-3H3,(H,18,22). The van der Waals surface area contributed by atoms with Gasteiger partial charge in [-0.3, -0.25) is 9.69 Å². The van der Waals surface area contributed by atoms with Crippen LogP contribution in [-0.4, -0.2) is 79.7 Å². The number of hydrogen-bond acceptors (Lipinski definition) is 4. The van der Waals surface area contributed by atoms with Crippen molar-refractivity contribution in [2.45, 2.75) is 11.3 Å². The highest BCUT2D eigenvalue weighted by Gasteiger charge is 2.22. The first kappa shape index (κ1) is 18.6. The molecule has 6 nitrogen and oxygen atoms in total. The van der Waals surface area contributed by atoms with Gasteiger partial charge in [0.15, 0.2) is 0 Å². The predicted octanol–water partition coefficient (Wildman–Crippen LogP) is 2.04. The van der Waals surface area contributed by atoms with Gasteiger partial charge in [-0.2, -0.15) is 0 Å². The molecule has 2 rings (SSSR count). The third-order valence-corrected chi connectivity index (χ3v) is 4.86. The van der Waals surface area contributed by atoms with Gasteiger partial charge in [-0.1, -0.05) is 12.1 Å². The van der Waals surface area contributed by atoms with Crippen LogP contribution in [0.25, 0.3) is 0 Å². The third-order valence-electron chi connectivity index (χ3n) is 4.06. The van der Waals surface area contributed by atoms with E-state index in [-0.39, 0.29) is 11.9 Å². The van der Waals surface area contributed by atoms with Crippen molar-refractivity contribution >= 4 is 29.4 Å². The number of benzene rings is 1. The van der Waals surface area contributed by atoms with Crippen LogP contribution in [0.3, 0.4) is 0 Å². The topological polar surface area (TPSA) is 55.9 Å². The Kier molecular flexibility index (Phi) is 6.93. The van der Waals surface area contributed by atoms with Gasteiger partial charge in [-0.15, -0.1) is 11.8 Å². The summed E-state index contributed by atoms with van der Waals surface area (Å²) >= 11 is 1.62. The van der Waals surface area contributed by atoms with Crippen LogP contribution in [0.1, 0.15) is 6.42 Å². The number of para-hydroxylation sites is 1. The van der Waals surface area contributed by atoms with Gasteiger partial charge in [0.25, 0.3) is 0 Å². The second kappa shape index (κ2) is 8.94. The summed E-state index contributed by atoms with van der Waals surface area (Å²) in [5.41, 5.74) is 0.872. The number of carbonyl (C=O) groups is 2. The summed E-state index contributed by atoms with van der Waals surface area (Å²) in [5.74, 6) is 0.0308. The van der Waals surface area contributed by atoms with Gasteiger partial charge in [0, 0.05) is 58.1 Å². The van der Waals surface area contributed by atoms with Crippen molar-refractivity contribution in [3.8, 4) is 0 Å². The normalized spacial score (nSPS) is 15.2. The van der Waals surface area contributed by atoms with Crippen molar-refractivity contribution in [1.82, 2.24) is 14.7 Å². The Labute approximate surface area is 148 Å². The molecule has 0 saturated carbocycles. The van der Waals surface area contributed by atoms with Crippen LogP contribution in [0.5, 0.6) is 0 Å². The maximum absolute atomic E-state index is 12.2. The van der Waals surface area contributed by atoms with Gasteiger partial charge in [0.05, 0.1) is 5.69 Å². The van der Waals surface area contributed by atoms with Gasteiger partial charge < -0.3 is 15.1 Å². The van der Waals surface area contributed by atoms with E-state index in [2.05, 4.69) is 10.2 Å². The number of nitrogens with zero attached hydrogens (tertiary/aromatic N) is 3. The lowest BCUT2D eigenvalue weighted by Gasteiger charge is -2.35. The summed E-state index contributed by atoms with van der Waals surface area (Å²) in [7, 11) is 3.54. The largest absolute Gasteiger partial charge is 0.331 e. The molecule has 1 aliphatic rings. The quantitative estimate of drug-likeness (QED) is 0.826. The van der Waals surface area contributed by atoms with Crippen LogP contribution in [0.2, 0.25) is 0 Å². The number of amides is 3. The van der Waals surface area contributed by atoms with Crippen LogP contribution >= 0.6 is 11.8 Å². The molecular formula is C17H26N4O2S. The van der Waals surface area contributed by atoms with Crippen molar-refractivity contribution in [3.05, 3.63) is 24.3 Å². The van der Waals surface area contributed by atoms with Crippen molar-refractivity contribution in [2.75, 3.05) is 58.4 Å². The van der Waals surface area contributed by atoms with E-state index in [1.165, 1.54) is 0 Å². The van der Waals surface area contributed by atoms with Crippen LogP contribution in [0.4, 0.5) is 10.5 Å². The van der Waals surface area contributed by atoms with Crippen molar-refractivity contribution < 1.29 is 9.59 Å². The molecule has 0 bridgehead atoms. The summed E-state index contributed by atoms with van der Waals surface area (Å²) in [6.07, 6.45) is 2.46. The molecule has 1 saturated heterocycles. The molecule has 132 valence electrons. The lowest BCUT2D eigenvalue weighted by Crippen LogP contribution is -2.51. The molecule has 0 radical (unpaired) electrons. The number of piperazine rings is 1. The number of carbonyl (C=O) groups excluding carboxylic acids is 2. The molecule has 0 atom stereocenters. The molecule has 24 heavy (non-hydrogen) atoms. The molecule has 3 amide bonds. The molecule has 1 heterocycles. The number of urea groups is 1. The Morgan fingerprint density at radius 3 is 2.46 bits per heavy atom. The van der Waals surface area contributed by atoms with E-state index < -0.39 is 0 Å². The van der Waals surface area contributed by atoms with E-state index in [4.69, 9.17) is 0 Å². The van der Waals surface area contributed by atoms with Gasteiger partial charge in [0.1, 0.15) is 0 Å². The zero-order valence-corrected chi connectivity index (χ0v) is 15.4. The summed E-state index contributed by atoms with van der Waals surface area (Å²) in [6, 6.07) is 7.88. The number of hydrogen-bond donors (Lipinski definition) is 1. The fourth-order valence-electron chi connectivity index (χ4n) is 2.67. The monoisotopic (exact) mass is 350 g/mol. The number of rotatable bonds is 5. The van der Waals surface area contributed by atoms with Crippen molar-refractivity contribution in [2.24, 2.45) is 0 Å². The molecule has 0 aliphatic carbocycles. The minimum atomic E-state index is 0.0308. The zero-order valence-electron chi connectivity index (χ0n) is 14.6. The summed E-state index contributed by atoms with van der Waals surface area (Å²) < 4.78 is 0. The van der Waals surface area contributed by atoms with Crippen LogP contribution in [0.15, 0.2) is 29.2 Å². The van der Waals surface area contributed by atoms with Crippen molar-refractivity contribution in [1.29, 1.82) is 0 Å². The Morgan fingerprint density at radius 1 is 1.17 bits per heavy atom. The maximum atomic E-state index is 12.2. The second-order valence-corrected chi connectivity index (χ2v) is 6.85. The molecule has 1 N–H and O–H groups in total. The van der Waals surface area contributed by atoms with E-state index in [1.54, 1.807) is 30.8 Å². The molecule has 0 spiro atoms. The number of nitrogens with one attached hydrogen (secondary N) is 1. The van der Waals surface area contributed by atoms with E-state index in [0.717, 1.165) is 30.2 Å². The van der Waals surface area contributed by atoms with E-state index in [0.29, 0.717) is 19.5 Å². The maximum Gasteiger partial charge on any atom is 0.319 e. The molecule has 1 aromatic carbocycles. The van der Waals surface area contributed by atoms with Crippen LogP contribution < -0.4 is 5.32 Å². The van der Waals surface area contributed by atoms with Gasteiger partial charge in [0.2, 0.25) is 5.91 Å². The summed E-state index contributed by atoms with van der Waals surface area (Å²) in [4.78, 5) is 30.8. The average Bonchev–Trinajstić information content (AvgIpc) is 2.60. The molecule has 1 aliphatic heterocycles.